The minimum atomic E-state index is 0.799. The van der Waals surface area contributed by atoms with E-state index in [1.807, 2.05) is 19.1 Å². The van der Waals surface area contributed by atoms with Crippen LogP contribution in [0.15, 0.2) is 12.4 Å². The predicted molar refractivity (Wildman–Crippen MR) is 31.1 cm³/mol. The van der Waals surface area contributed by atoms with Gasteiger partial charge in [-0.1, -0.05) is 6.08 Å². The number of aromatic amines is 1. The van der Waals surface area contributed by atoms with Crippen LogP contribution in [0.1, 0.15) is 12.7 Å². The molecule has 1 N–H and O–H groups in total. The summed E-state index contributed by atoms with van der Waals surface area (Å²) in [5, 5.41) is 6.34. The van der Waals surface area contributed by atoms with Crippen LogP contribution >= 0.6 is 0 Å². The van der Waals surface area contributed by atoms with Crippen molar-refractivity contribution in [3.05, 3.63) is 18.2 Å². The molecule has 0 unspecified atom stereocenters. The van der Waals surface area contributed by atoms with Gasteiger partial charge in [0.2, 0.25) is 0 Å². The highest BCUT2D eigenvalue weighted by Crippen LogP contribution is 1.86. The van der Waals surface area contributed by atoms with Crippen LogP contribution in [0.5, 0.6) is 0 Å². The van der Waals surface area contributed by atoms with E-state index in [1.165, 1.54) is 6.33 Å². The van der Waals surface area contributed by atoms with Crippen molar-refractivity contribution in [2.45, 2.75) is 6.92 Å². The molecule has 0 spiro atoms. The number of hydrogen-bond donors (Lipinski definition) is 1. The number of H-pyrrole nitrogens is 1. The normalized spacial score (nSPS) is 10.6. The van der Waals surface area contributed by atoms with Crippen LogP contribution in [0, 0.1) is 0 Å². The van der Waals surface area contributed by atoms with Crippen LogP contribution in [0.4, 0.5) is 0 Å². The first-order valence-electron chi connectivity index (χ1n) is 2.41. The van der Waals surface area contributed by atoms with Crippen LogP contribution in [0.25, 0.3) is 6.08 Å². The van der Waals surface area contributed by atoms with E-state index < -0.39 is 0 Å². The van der Waals surface area contributed by atoms with Gasteiger partial charge in [0, 0.05) is 0 Å². The molecular weight excluding hydrogens is 102 g/mol. The Morgan fingerprint density at radius 2 is 2.62 bits per heavy atom. The van der Waals surface area contributed by atoms with Gasteiger partial charge in [-0.15, -0.1) is 0 Å². The average Bonchev–Trinajstić information content (AvgIpc) is 2.19. The number of nitrogens with one attached hydrogen (secondary N) is 1. The Kier molecular flexibility index (Phi) is 1.42. The largest absolute Gasteiger partial charge is 0.260 e. The third-order valence-electron chi connectivity index (χ3n) is 0.758. The van der Waals surface area contributed by atoms with E-state index in [-0.39, 0.29) is 0 Å². The molecule has 1 aromatic heterocycles. The Bertz CT molecular complexity index is 164. The summed E-state index contributed by atoms with van der Waals surface area (Å²) in [6, 6.07) is 0. The van der Waals surface area contributed by atoms with Crippen molar-refractivity contribution in [2.24, 2.45) is 0 Å². The first kappa shape index (κ1) is 5.03. The average molecular weight is 109 g/mol. The van der Waals surface area contributed by atoms with Gasteiger partial charge in [0.15, 0.2) is 0 Å². The quantitative estimate of drug-likeness (QED) is 0.580. The molecule has 0 aliphatic rings. The first-order valence-corrected chi connectivity index (χ1v) is 2.41. The summed E-state index contributed by atoms with van der Waals surface area (Å²) in [5.41, 5.74) is 0. The summed E-state index contributed by atoms with van der Waals surface area (Å²) in [4.78, 5) is 3.85. The standard InChI is InChI=1S/C5H7N3/c1-2-3-5-6-4-7-8-5/h2-4H,1H3,(H,6,7,8)/b3-2-. The summed E-state index contributed by atoms with van der Waals surface area (Å²) >= 11 is 0. The van der Waals surface area contributed by atoms with Gasteiger partial charge in [-0.25, -0.2) is 4.98 Å². The maximum Gasteiger partial charge on any atom is 0.147 e. The van der Waals surface area contributed by atoms with Gasteiger partial charge in [0.25, 0.3) is 0 Å². The minimum Gasteiger partial charge on any atom is -0.260 e. The van der Waals surface area contributed by atoms with E-state index in [4.69, 9.17) is 0 Å². The molecule has 42 valence electrons. The number of nitrogens with zero attached hydrogens (tertiary/aromatic N) is 2. The van der Waals surface area contributed by atoms with Crippen molar-refractivity contribution in [3.63, 3.8) is 0 Å². The fourth-order valence-corrected chi connectivity index (χ4v) is 0.453. The second kappa shape index (κ2) is 2.26. The van der Waals surface area contributed by atoms with Crippen LogP contribution < -0.4 is 0 Å². The molecule has 0 saturated carbocycles. The second-order valence-electron chi connectivity index (χ2n) is 1.37. The van der Waals surface area contributed by atoms with Gasteiger partial charge < -0.3 is 0 Å². The summed E-state index contributed by atoms with van der Waals surface area (Å²) in [5.74, 6) is 0.799. The SMILES string of the molecule is C/C=C\c1ncn[nH]1. The smallest absolute Gasteiger partial charge is 0.147 e. The van der Waals surface area contributed by atoms with E-state index in [0.29, 0.717) is 0 Å². The van der Waals surface area contributed by atoms with E-state index in [2.05, 4.69) is 15.2 Å². The molecule has 1 aromatic rings. The Morgan fingerprint density at radius 3 is 3.12 bits per heavy atom. The van der Waals surface area contributed by atoms with Gasteiger partial charge in [-0.05, 0) is 13.0 Å². The lowest BCUT2D eigenvalue weighted by Gasteiger charge is -1.74. The Hall–Kier alpha value is -1.12. The van der Waals surface area contributed by atoms with E-state index in [1.54, 1.807) is 0 Å². The molecule has 0 aliphatic heterocycles. The number of rotatable bonds is 1. The van der Waals surface area contributed by atoms with Crippen LogP contribution in [0.3, 0.4) is 0 Å². The molecule has 0 aromatic carbocycles. The maximum atomic E-state index is 3.85. The third kappa shape index (κ3) is 0.932. The molecule has 8 heavy (non-hydrogen) atoms. The van der Waals surface area contributed by atoms with Gasteiger partial charge >= 0.3 is 0 Å². The van der Waals surface area contributed by atoms with Gasteiger partial charge in [-0.3, -0.25) is 5.10 Å². The molecule has 0 bridgehead atoms. The lowest BCUT2D eigenvalue weighted by atomic mass is 10.5. The molecule has 0 saturated heterocycles. The minimum absolute atomic E-state index is 0.799. The summed E-state index contributed by atoms with van der Waals surface area (Å²) in [6.07, 6.45) is 5.24. The van der Waals surface area contributed by atoms with Gasteiger partial charge in [0.05, 0.1) is 0 Å². The molecule has 3 heteroatoms. The zero-order valence-corrected chi connectivity index (χ0v) is 4.63. The second-order valence-corrected chi connectivity index (χ2v) is 1.37. The predicted octanol–water partition coefficient (Wildman–Crippen LogP) is 0.838. The number of allylic oxidation sites excluding steroid dienone is 1. The fourth-order valence-electron chi connectivity index (χ4n) is 0.453. The molecule has 0 aliphatic carbocycles. The molecule has 0 fully saturated rings. The molecule has 1 rings (SSSR count). The zero-order valence-electron chi connectivity index (χ0n) is 4.63. The first-order chi connectivity index (χ1) is 3.93. The summed E-state index contributed by atoms with van der Waals surface area (Å²) in [7, 11) is 0. The van der Waals surface area contributed by atoms with Crippen LogP contribution in [-0.2, 0) is 0 Å². The van der Waals surface area contributed by atoms with Crippen molar-refractivity contribution < 1.29 is 0 Å². The van der Waals surface area contributed by atoms with Crippen molar-refractivity contribution in [3.8, 4) is 0 Å². The highest BCUT2D eigenvalue weighted by atomic mass is 15.2. The lowest BCUT2D eigenvalue weighted by Crippen LogP contribution is -1.71. The fraction of sp³-hybridized carbons (Fsp3) is 0.200. The summed E-state index contributed by atoms with van der Waals surface area (Å²) < 4.78 is 0. The van der Waals surface area contributed by atoms with Crippen LogP contribution in [-0.4, -0.2) is 15.2 Å². The molecular formula is C5H7N3. The number of aromatic nitrogens is 3. The lowest BCUT2D eigenvalue weighted by molar-refractivity contribution is 1.08. The van der Waals surface area contributed by atoms with Crippen LogP contribution in [0.2, 0.25) is 0 Å². The molecule has 0 amide bonds. The Morgan fingerprint density at radius 1 is 1.75 bits per heavy atom. The maximum absolute atomic E-state index is 3.85. The summed E-state index contributed by atoms with van der Waals surface area (Å²) in [6.45, 7) is 1.93. The van der Waals surface area contributed by atoms with Crippen molar-refractivity contribution in [1.82, 2.24) is 15.2 Å². The van der Waals surface area contributed by atoms with Gasteiger partial charge in [-0.2, -0.15) is 5.10 Å². The monoisotopic (exact) mass is 109 g/mol. The molecule has 3 nitrogen and oxygen atoms in total. The van der Waals surface area contributed by atoms with E-state index >= 15 is 0 Å². The molecule has 1 heterocycles. The number of hydrogen-bond acceptors (Lipinski definition) is 2. The molecule has 0 radical (unpaired) electrons. The van der Waals surface area contributed by atoms with Crippen molar-refractivity contribution >= 4 is 6.08 Å². The van der Waals surface area contributed by atoms with E-state index in [9.17, 15) is 0 Å². The van der Waals surface area contributed by atoms with Crippen molar-refractivity contribution in [1.29, 1.82) is 0 Å². The van der Waals surface area contributed by atoms with E-state index in [0.717, 1.165) is 5.82 Å². The van der Waals surface area contributed by atoms with Gasteiger partial charge in [0.1, 0.15) is 12.2 Å². The Balaban J connectivity index is 2.77. The van der Waals surface area contributed by atoms with Crippen molar-refractivity contribution in [2.75, 3.05) is 0 Å². The highest BCUT2D eigenvalue weighted by Gasteiger charge is 1.81. The Labute approximate surface area is 47.5 Å². The topological polar surface area (TPSA) is 41.6 Å². The molecule has 0 atom stereocenters. The highest BCUT2D eigenvalue weighted by molar-refractivity contribution is 5.37. The third-order valence-corrected chi connectivity index (χ3v) is 0.758. The zero-order chi connectivity index (χ0) is 5.82.